The van der Waals surface area contributed by atoms with Gasteiger partial charge in [-0.1, -0.05) is 0 Å². The molecule has 1 saturated carbocycles. The SMILES string of the molecule is CCOC1(C(=O)N2CCC(C)(C(=O)O)C2)CCCC1. The van der Waals surface area contributed by atoms with Gasteiger partial charge in [0.1, 0.15) is 5.60 Å². The molecule has 0 bridgehead atoms. The zero-order valence-corrected chi connectivity index (χ0v) is 11.8. The van der Waals surface area contributed by atoms with E-state index in [1.54, 1.807) is 11.8 Å². The second-order valence-electron chi connectivity index (χ2n) is 5.98. The van der Waals surface area contributed by atoms with Gasteiger partial charge in [-0.2, -0.15) is 0 Å². The van der Waals surface area contributed by atoms with Gasteiger partial charge in [-0.25, -0.2) is 0 Å². The highest BCUT2D eigenvalue weighted by Gasteiger charge is 2.49. The molecule has 5 heteroatoms. The van der Waals surface area contributed by atoms with Gasteiger partial charge in [0.15, 0.2) is 0 Å². The van der Waals surface area contributed by atoms with E-state index in [0.29, 0.717) is 26.1 Å². The van der Waals surface area contributed by atoms with Crippen LogP contribution in [0.3, 0.4) is 0 Å². The molecule has 19 heavy (non-hydrogen) atoms. The molecule has 1 unspecified atom stereocenters. The molecule has 5 nitrogen and oxygen atoms in total. The summed E-state index contributed by atoms with van der Waals surface area (Å²) in [4.78, 5) is 25.6. The van der Waals surface area contributed by atoms with Crippen molar-refractivity contribution >= 4 is 11.9 Å². The van der Waals surface area contributed by atoms with E-state index >= 15 is 0 Å². The van der Waals surface area contributed by atoms with Gasteiger partial charge < -0.3 is 14.7 Å². The molecule has 2 aliphatic rings. The van der Waals surface area contributed by atoms with Crippen molar-refractivity contribution in [2.45, 2.75) is 51.6 Å². The van der Waals surface area contributed by atoms with Gasteiger partial charge in [0.25, 0.3) is 5.91 Å². The number of nitrogens with zero attached hydrogens (tertiary/aromatic N) is 1. The average molecular weight is 269 g/mol. The van der Waals surface area contributed by atoms with E-state index < -0.39 is 17.0 Å². The fraction of sp³-hybridized carbons (Fsp3) is 0.857. The summed E-state index contributed by atoms with van der Waals surface area (Å²) in [7, 11) is 0. The predicted molar refractivity (Wildman–Crippen MR) is 69.8 cm³/mol. The molecule has 1 amide bonds. The van der Waals surface area contributed by atoms with Crippen LogP contribution in [-0.2, 0) is 14.3 Å². The van der Waals surface area contributed by atoms with Crippen LogP contribution in [0, 0.1) is 5.41 Å². The monoisotopic (exact) mass is 269 g/mol. The van der Waals surface area contributed by atoms with Crippen molar-refractivity contribution in [1.29, 1.82) is 0 Å². The summed E-state index contributed by atoms with van der Waals surface area (Å²) in [6.45, 7) is 4.96. The molecule has 0 aromatic rings. The van der Waals surface area contributed by atoms with Crippen LogP contribution in [-0.4, -0.2) is 47.2 Å². The summed E-state index contributed by atoms with van der Waals surface area (Å²) in [5.74, 6) is -0.823. The Labute approximate surface area is 113 Å². The second kappa shape index (κ2) is 5.12. The van der Waals surface area contributed by atoms with E-state index in [0.717, 1.165) is 25.7 Å². The summed E-state index contributed by atoms with van der Waals surface area (Å²) >= 11 is 0. The number of aliphatic carboxylic acids is 1. The maximum atomic E-state index is 12.7. The Kier molecular flexibility index (Phi) is 3.85. The minimum atomic E-state index is -0.820. The highest BCUT2D eigenvalue weighted by Crippen LogP contribution is 2.38. The van der Waals surface area contributed by atoms with Gasteiger partial charge in [-0.3, -0.25) is 9.59 Å². The number of amides is 1. The molecule has 0 spiro atoms. The molecule has 108 valence electrons. The molecule has 0 radical (unpaired) electrons. The Morgan fingerprint density at radius 1 is 1.26 bits per heavy atom. The summed E-state index contributed by atoms with van der Waals surface area (Å²) in [6.07, 6.45) is 4.07. The van der Waals surface area contributed by atoms with Crippen molar-refractivity contribution in [3.63, 3.8) is 0 Å². The minimum absolute atomic E-state index is 0.00294. The Balaban J connectivity index is 2.10. The predicted octanol–water partition coefficient (Wildman–Crippen LogP) is 1.66. The number of likely N-dealkylation sites (tertiary alicyclic amines) is 1. The van der Waals surface area contributed by atoms with Crippen LogP contribution in [0.25, 0.3) is 0 Å². The number of carbonyl (C=O) groups is 2. The van der Waals surface area contributed by atoms with Crippen molar-refractivity contribution in [2.75, 3.05) is 19.7 Å². The van der Waals surface area contributed by atoms with E-state index in [4.69, 9.17) is 4.74 Å². The number of rotatable bonds is 4. The van der Waals surface area contributed by atoms with Crippen LogP contribution in [0.4, 0.5) is 0 Å². The lowest BCUT2D eigenvalue weighted by atomic mass is 9.90. The topological polar surface area (TPSA) is 66.8 Å². The van der Waals surface area contributed by atoms with Gasteiger partial charge in [-0.05, 0) is 46.0 Å². The Morgan fingerprint density at radius 2 is 1.89 bits per heavy atom. The van der Waals surface area contributed by atoms with Gasteiger partial charge in [0.2, 0.25) is 0 Å². The smallest absolute Gasteiger partial charge is 0.311 e. The summed E-state index contributed by atoms with van der Waals surface area (Å²) < 4.78 is 5.75. The average Bonchev–Trinajstić information content (AvgIpc) is 2.97. The van der Waals surface area contributed by atoms with E-state index in [2.05, 4.69) is 0 Å². The van der Waals surface area contributed by atoms with Crippen LogP contribution in [0.15, 0.2) is 0 Å². The number of carboxylic acids is 1. The van der Waals surface area contributed by atoms with Gasteiger partial charge in [-0.15, -0.1) is 0 Å². The molecule has 1 N–H and O–H groups in total. The third-order valence-electron chi connectivity index (χ3n) is 4.50. The van der Waals surface area contributed by atoms with Crippen molar-refractivity contribution in [1.82, 2.24) is 4.90 Å². The number of ether oxygens (including phenoxy) is 1. The minimum Gasteiger partial charge on any atom is -0.481 e. The standard InChI is InChI=1S/C14H23NO4/c1-3-19-14(6-4-5-7-14)11(16)15-9-8-13(2,10-15)12(17)18/h3-10H2,1-2H3,(H,17,18). The lowest BCUT2D eigenvalue weighted by Crippen LogP contribution is -2.49. The normalized spacial score (nSPS) is 29.7. The molecule has 2 rings (SSSR count). The third kappa shape index (κ3) is 2.48. The lowest BCUT2D eigenvalue weighted by molar-refractivity contribution is -0.157. The Morgan fingerprint density at radius 3 is 2.37 bits per heavy atom. The highest BCUT2D eigenvalue weighted by molar-refractivity contribution is 5.87. The number of carboxylic acid groups (broad SMARTS) is 1. The molecule has 0 aromatic carbocycles. The van der Waals surface area contributed by atoms with Crippen LogP contribution in [0.5, 0.6) is 0 Å². The number of hydrogen-bond donors (Lipinski definition) is 1. The molecule has 1 saturated heterocycles. The molecule has 0 aromatic heterocycles. The zero-order valence-electron chi connectivity index (χ0n) is 11.8. The molecule has 2 fully saturated rings. The Hall–Kier alpha value is -1.10. The van der Waals surface area contributed by atoms with Crippen molar-refractivity contribution < 1.29 is 19.4 Å². The first kappa shape index (κ1) is 14.3. The first-order valence-electron chi connectivity index (χ1n) is 7.10. The first-order valence-corrected chi connectivity index (χ1v) is 7.10. The molecular formula is C14H23NO4. The lowest BCUT2D eigenvalue weighted by Gasteiger charge is -2.32. The van der Waals surface area contributed by atoms with E-state index in [-0.39, 0.29) is 5.91 Å². The van der Waals surface area contributed by atoms with Crippen molar-refractivity contribution in [3.05, 3.63) is 0 Å². The van der Waals surface area contributed by atoms with E-state index in [1.165, 1.54) is 0 Å². The summed E-state index contributed by atoms with van der Waals surface area (Å²) in [5.41, 5.74) is -1.49. The van der Waals surface area contributed by atoms with Crippen molar-refractivity contribution in [2.24, 2.45) is 5.41 Å². The highest BCUT2D eigenvalue weighted by atomic mass is 16.5. The zero-order chi connectivity index (χ0) is 14.1. The van der Waals surface area contributed by atoms with Gasteiger partial charge in [0, 0.05) is 19.7 Å². The van der Waals surface area contributed by atoms with Crippen LogP contribution in [0.1, 0.15) is 46.0 Å². The maximum Gasteiger partial charge on any atom is 0.311 e. The Bertz CT molecular complexity index is 376. The molecule has 1 aliphatic heterocycles. The second-order valence-corrected chi connectivity index (χ2v) is 5.98. The maximum absolute atomic E-state index is 12.7. The fourth-order valence-electron chi connectivity index (χ4n) is 3.24. The van der Waals surface area contributed by atoms with E-state index in [9.17, 15) is 14.7 Å². The van der Waals surface area contributed by atoms with Crippen LogP contribution < -0.4 is 0 Å². The number of carbonyl (C=O) groups excluding carboxylic acids is 1. The molecular weight excluding hydrogens is 246 g/mol. The van der Waals surface area contributed by atoms with E-state index in [1.807, 2.05) is 6.92 Å². The van der Waals surface area contributed by atoms with Gasteiger partial charge >= 0.3 is 5.97 Å². The largest absolute Gasteiger partial charge is 0.481 e. The number of hydrogen-bond acceptors (Lipinski definition) is 3. The molecule has 1 aliphatic carbocycles. The quantitative estimate of drug-likeness (QED) is 0.843. The van der Waals surface area contributed by atoms with Crippen molar-refractivity contribution in [3.8, 4) is 0 Å². The third-order valence-corrected chi connectivity index (χ3v) is 4.50. The van der Waals surface area contributed by atoms with Crippen LogP contribution in [0.2, 0.25) is 0 Å². The molecule has 1 atom stereocenters. The summed E-state index contributed by atoms with van der Waals surface area (Å²) in [6, 6.07) is 0. The van der Waals surface area contributed by atoms with Gasteiger partial charge in [0.05, 0.1) is 5.41 Å². The summed E-state index contributed by atoms with van der Waals surface area (Å²) in [5, 5.41) is 9.24. The fourth-order valence-corrected chi connectivity index (χ4v) is 3.24. The first-order chi connectivity index (χ1) is 8.93. The molecule has 1 heterocycles. The van der Waals surface area contributed by atoms with Crippen LogP contribution >= 0.6 is 0 Å².